The Morgan fingerprint density at radius 1 is 1.40 bits per heavy atom. The minimum absolute atomic E-state index is 0.142. The molecule has 1 unspecified atom stereocenters. The highest BCUT2D eigenvalue weighted by atomic mass is 16.4. The maximum absolute atomic E-state index is 11.9. The predicted octanol–water partition coefficient (Wildman–Crippen LogP) is 0.376. The Kier molecular flexibility index (Phi) is 5.19. The van der Waals surface area contributed by atoms with E-state index in [1.807, 2.05) is 6.92 Å². The highest BCUT2D eigenvalue weighted by molar-refractivity contribution is 5.97. The monoisotopic (exact) mass is 279 g/mol. The van der Waals surface area contributed by atoms with E-state index in [-0.39, 0.29) is 17.2 Å². The molecule has 2 N–H and O–H groups in total. The molecule has 0 saturated heterocycles. The third-order valence-corrected chi connectivity index (χ3v) is 2.81. The van der Waals surface area contributed by atoms with E-state index < -0.39 is 17.9 Å². The first-order valence-electron chi connectivity index (χ1n) is 6.12. The summed E-state index contributed by atoms with van der Waals surface area (Å²) in [5, 5.41) is 11.2. The molecule has 1 heterocycles. The number of pyridine rings is 1. The second kappa shape index (κ2) is 6.65. The number of amides is 2. The van der Waals surface area contributed by atoms with Gasteiger partial charge in [0.1, 0.15) is 11.7 Å². The van der Waals surface area contributed by atoms with Gasteiger partial charge in [-0.2, -0.15) is 0 Å². The zero-order chi connectivity index (χ0) is 15.3. The number of hydrogen-bond acceptors (Lipinski definition) is 4. The van der Waals surface area contributed by atoms with Crippen molar-refractivity contribution in [3.8, 4) is 0 Å². The molecule has 7 nitrogen and oxygen atoms in total. The number of carboxylic acid groups (broad SMARTS) is 1. The van der Waals surface area contributed by atoms with Crippen LogP contribution in [0.2, 0.25) is 0 Å². The molecule has 20 heavy (non-hydrogen) atoms. The molecule has 1 atom stereocenters. The van der Waals surface area contributed by atoms with Crippen molar-refractivity contribution >= 4 is 17.8 Å². The minimum atomic E-state index is -1.16. The van der Waals surface area contributed by atoms with Crippen molar-refractivity contribution < 1.29 is 19.5 Å². The summed E-state index contributed by atoms with van der Waals surface area (Å²) < 4.78 is 0. The molecule has 0 saturated carbocycles. The van der Waals surface area contributed by atoms with Gasteiger partial charge in [-0.1, -0.05) is 0 Å². The number of nitrogens with one attached hydrogen (secondary N) is 1. The first-order chi connectivity index (χ1) is 9.36. The van der Waals surface area contributed by atoms with Crippen LogP contribution in [-0.4, -0.2) is 52.4 Å². The second-order valence-corrected chi connectivity index (χ2v) is 4.28. The molecule has 0 fully saturated rings. The first kappa shape index (κ1) is 15.6. The van der Waals surface area contributed by atoms with E-state index in [4.69, 9.17) is 5.11 Å². The van der Waals surface area contributed by atoms with Crippen molar-refractivity contribution in [1.82, 2.24) is 15.2 Å². The van der Waals surface area contributed by atoms with E-state index in [0.29, 0.717) is 6.54 Å². The van der Waals surface area contributed by atoms with E-state index >= 15 is 0 Å². The number of aromatic nitrogens is 1. The van der Waals surface area contributed by atoms with Gasteiger partial charge < -0.3 is 15.3 Å². The number of carbonyl (C=O) groups is 3. The van der Waals surface area contributed by atoms with Gasteiger partial charge in [0.2, 0.25) is 5.91 Å². The molecule has 108 valence electrons. The van der Waals surface area contributed by atoms with Crippen molar-refractivity contribution in [3.63, 3.8) is 0 Å². The molecule has 1 aromatic rings. The van der Waals surface area contributed by atoms with Gasteiger partial charge >= 0.3 is 5.97 Å². The van der Waals surface area contributed by atoms with Crippen molar-refractivity contribution in [2.24, 2.45) is 0 Å². The van der Waals surface area contributed by atoms with Gasteiger partial charge in [0.15, 0.2) is 0 Å². The summed E-state index contributed by atoms with van der Waals surface area (Å²) in [5.41, 5.74) is 0.0604. The van der Waals surface area contributed by atoms with E-state index in [1.165, 1.54) is 23.2 Å². The standard InChI is InChI=1S/C13H17N3O4/c1-4-16(3)12(18)8(2)15-11(17)9-5-6-10(13(19)20)14-7-9/h5-8H,4H2,1-3H3,(H,15,17)(H,19,20). The van der Waals surface area contributed by atoms with Gasteiger partial charge in [-0.15, -0.1) is 0 Å². The van der Waals surface area contributed by atoms with Gasteiger partial charge in [0.25, 0.3) is 5.91 Å². The maximum atomic E-state index is 11.9. The molecule has 1 aromatic heterocycles. The van der Waals surface area contributed by atoms with Crippen LogP contribution in [0.25, 0.3) is 0 Å². The quantitative estimate of drug-likeness (QED) is 0.811. The van der Waals surface area contributed by atoms with Crippen LogP contribution in [0.15, 0.2) is 18.3 Å². The topological polar surface area (TPSA) is 99.6 Å². The van der Waals surface area contributed by atoms with Crippen LogP contribution >= 0.6 is 0 Å². The Bertz CT molecular complexity index is 513. The molecule has 0 aliphatic carbocycles. The lowest BCUT2D eigenvalue weighted by atomic mass is 10.2. The summed E-state index contributed by atoms with van der Waals surface area (Å²) in [4.78, 5) is 39.5. The van der Waals surface area contributed by atoms with Crippen molar-refractivity contribution in [2.45, 2.75) is 19.9 Å². The average Bonchev–Trinajstić information content (AvgIpc) is 2.45. The first-order valence-corrected chi connectivity index (χ1v) is 6.12. The number of hydrogen-bond donors (Lipinski definition) is 2. The Balaban J connectivity index is 2.71. The molecule has 0 aliphatic rings. The Hall–Kier alpha value is -2.44. The van der Waals surface area contributed by atoms with Crippen molar-refractivity contribution in [3.05, 3.63) is 29.6 Å². The summed E-state index contributed by atoms with van der Waals surface area (Å²) >= 11 is 0. The second-order valence-electron chi connectivity index (χ2n) is 4.28. The molecule has 0 spiro atoms. The molecule has 7 heteroatoms. The van der Waals surface area contributed by atoms with Crippen molar-refractivity contribution in [2.75, 3.05) is 13.6 Å². The number of likely N-dealkylation sites (N-methyl/N-ethyl adjacent to an activating group) is 1. The lowest BCUT2D eigenvalue weighted by Gasteiger charge is -2.20. The summed E-state index contributed by atoms with van der Waals surface area (Å²) in [7, 11) is 1.65. The zero-order valence-corrected chi connectivity index (χ0v) is 11.6. The third-order valence-electron chi connectivity index (χ3n) is 2.81. The smallest absolute Gasteiger partial charge is 0.354 e. The van der Waals surface area contributed by atoms with Crippen LogP contribution < -0.4 is 5.32 Å². The van der Waals surface area contributed by atoms with Gasteiger partial charge in [-0.3, -0.25) is 9.59 Å². The largest absolute Gasteiger partial charge is 0.477 e. The lowest BCUT2D eigenvalue weighted by Crippen LogP contribution is -2.45. The molecule has 0 aliphatic heterocycles. The number of carboxylic acids is 1. The number of carbonyl (C=O) groups excluding carboxylic acids is 2. The van der Waals surface area contributed by atoms with E-state index in [2.05, 4.69) is 10.3 Å². The van der Waals surface area contributed by atoms with Crippen LogP contribution in [0.1, 0.15) is 34.7 Å². The Morgan fingerprint density at radius 2 is 2.05 bits per heavy atom. The van der Waals surface area contributed by atoms with E-state index in [9.17, 15) is 14.4 Å². The van der Waals surface area contributed by atoms with E-state index in [1.54, 1.807) is 14.0 Å². The molecular formula is C13H17N3O4. The van der Waals surface area contributed by atoms with Crippen molar-refractivity contribution in [1.29, 1.82) is 0 Å². The molecule has 0 aromatic carbocycles. The Morgan fingerprint density at radius 3 is 2.50 bits per heavy atom. The fraction of sp³-hybridized carbons (Fsp3) is 0.385. The summed E-state index contributed by atoms with van der Waals surface area (Å²) in [6, 6.07) is 1.93. The lowest BCUT2D eigenvalue weighted by molar-refractivity contribution is -0.131. The van der Waals surface area contributed by atoms with Gasteiger partial charge in [-0.25, -0.2) is 9.78 Å². The number of aromatic carboxylic acids is 1. The summed E-state index contributed by atoms with van der Waals surface area (Å²) in [6.07, 6.45) is 1.17. The normalized spacial score (nSPS) is 11.6. The number of nitrogens with zero attached hydrogens (tertiary/aromatic N) is 2. The average molecular weight is 279 g/mol. The zero-order valence-electron chi connectivity index (χ0n) is 11.6. The highest BCUT2D eigenvalue weighted by Crippen LogP contribution is 2.02. The SMILES string of the molecule is CCN(C)C(=O)C(C)NC(=O)c1ccc(C(=O)O)nc1. The van der Waals surface area contributed by atoms with Crippen LogP contribution in [0, 0.1) is 0 Å². The number of rotatable bonds is 5. The Labute approximate surface area is 116 Å². The third kappa shape index (κ3) is 3.78. The van der Waals surface area contributed by atoms with Crippen LogP contribution in [0.5, 0.6) is 0 Å². The van der Waals surface area contributed by atoms with Crippen LogP contribution in [0.3, 0.4) is 0 Å². The minimum Gasteiger partial charge on any atom is -0.477 e. The molecule has 2 amide bonds. The van der Waals surface area contributed by atoms with Crippen LogP contribution in [0.4, 0.5) is 0 Å². The molecular weight excluding hydrogens is 262 g/mol. The fourth-order valence-electron chi connectivity index (χ4n) is 1.48. The highest BCUT2D eigenvalue weighted by Gasteiger charge is 2.19. The summed E-state index contributed by atoms with van der Waals surface area (Å²) in [5.74, 6) is -1.83. The molecule has 0 radical (unpaired) electrons. The summed E-state index contributed by atoms with van der Waals surface area (Å²) in [6.45, 7) is 3.97. The predicted molar refractivity (Wildman–Crippen MR) is 71.4 cm³/mol. The van der Waals surface area contributed by atoms with Gasteiger partial charge in [-0.05, 0) is 26.0 Å². The van der Waals surface area contributed by atoms with E-state index in [0.717, 1.165) is 0 Å². The molecule has 1 rings (SSSR count). The van der Waals surface area contributed by atoms with Crippen LogP contribution in [-0.2, 0) is 4.79 Å². The van der Waals surface area contributed by atoms with Gasteiger partial charge in [0, 0.05) is 19.8 Å². The maximum Gasteiger partial charge on any atom is 0.354 e. The fourth-order valence-corrected chi connectivity index (χ4v) is 1.48. The molecule has 0 bridgehead atoms. The van der Waals surface area contributed by atoms with Gasteiger partial charge in [0.05, 0.1) is 5.56 Å².